The Morgan fingerprint density at radius 3 is 2.37 bits per heavy atom. The molecule has 2 atom stereocenters. The van der Waals surface area contributed by atoms with E-state index >= 15 is 0 Å². The number of esters is 1. The lowest BCUT2D eigenvalue weighted by molar-refractivity contribution is -0.258. The van der Waals surface area contributed by atoms with Gasteiger partial charge in [0, 0.05) is 6.42 Å². The van der Waals surface area contributed by atoms with Crippen LogP contribution in [0.15, 0.2) is 30.3 Å². The van der Waals surface area contributed by atoms with Crippen LogP contribution in [-0.2, 0) is 16.0 Å². The van der Waals surface area contributed by atoms with Crippen molar-refractivity contribution in [2.24, 2.45) is 5.73 Å². The third kappa shape index (κ3) is 3.93. The Kier molecular flexibility index (Phi) is 4.54. The fourth-order valence-corrected chi connectivity index (χ4v) is 1.26. The summed E-state index contributed by atoms with van der Waals surface area (Å²) in [6.07, 6.45) is -6.32. The molecule has 7 heteroatoms. The SMILES string of the molecule is CC(O)(C(=O)OC(N)Cc1ccccc1)C(F)(F)F. The van der Waals surface area contributed by atoms with E-state index in [0.29, 0.717) is 12.5 Å². The van der Waals surface area contributed by atoms with Crippen molar-refractivity contribution in [2.75, 3.05) is 0 Å². The molecule has 106 valence electrons. The summed E-state index contributed by atoms with van der Waals surface area (Å²) in [7, 11) is 0. The Bertz CT molecular complexity index is 432. The molecule has 19 heavy (non-hydrogen) atoms. The van der Waals surface area contributed by atoms with E-state index in [2.05, 4.69) is 4.74 Å². The Balaban J connectivity index is 2.63. The summed E-state index contributed by atoms with van der Waals surface area (Å²) >= 11 is 0. The van der Waals surface area contributed by atoms with Crippen molar-refractivity contribution < 1.29 is 27.8 Å². The highest BCUT2D eigenvalue weighted by molar-refractivity contribution is 5.80. The number of rotatable bonds is 4. The summed E-state index contributed by atoms with van der Waals surface area (Å²) in [4.78, 5) is 11.2. The first-order chi connectivity index (χ1) is 8.64. The van der Waals surface area contributed by atoms with Crippen LogP contribution in [0.1, 0.15) is 12.5 Å². The molecule has 1 aromatic carbocycles. The maximum atomic E-state index is 12.4. The van der Waals surface area contributed by atoms with Crippen LogP contribution in [-0.4, -0.2) is 29.1 Å². The fraction of sp³-hybridized carbons (Fsp3) is 0.417. The van der Waals surface area contributed by atoms with Gasteiger partial charge >= 0.3 is 12.1 Å². The van der Waals surface area contributed by atoms with Crippen LogP contribution in [0, 0.1) is 0 Å². The van der Waals surface area contributed by atoms with Gasteiger partial charge in [-0.3, -0.25) is 5.73 Å². The van der Waals surface area contributed by atoms with E-state index in [1.165, 1.54) is 0 Å². The molecule has 4 nitrogen and oxygen atoms in total. The predicted molar refractivity (Wildman–Crippen MR) is 60.9 cm³/mol. The number of halogens is 3. The molecular weight excluding hydrogens is 263 g/mol. The number of carbonyl (C=O) groups is 1. The van der Waals surface area contributed by atoms with Gasteiger partial charge in [0.1, 0.15) is 0 Å². The first kappa shape index (κ1) is 15.5. The number of carbonyl (C=O) groups excluding carboxylic acids is 1. The molecule has 0 radical (unpaired) electrons. The number of hydrogen-bond donors (Lipinski definition) is 2. The molecule has 0 aromatic heterocycles. The molecule has 0 saturated heterocycles. The van der Waals surface area contributed by atoms with E-state index in [1.54, 1.807) is 30.3 Å². The van der Waals surface area contributed by atoms with E-state index in [0.717, 1.165) is 0 Å². The minimum absolute atomic E-state index is 0.0561. The zero-order valence-electron chi connectivity index (χ0n) is 10.1. The highest BCUT2D eigenvalue weighted by atomic mass is 19.4. The largest absolute Gasteiger partial charge is 0.444 e. The maximum absolute atomic E-state index is 12.4. The lowest BCUT2D eigenvalue weighted by Gasteiger charge is -2.25. The number of ether oxygens (including phenoxy) is 1. The van der Waals surface area contributed by atoms with Crippen LogP contribution in [0.2, 0.25) is 0 Å². The molecule has 0 spiro atoms. The molecular formula is C12H14F3NO3. The molecule has 0 aliphatic heterocycles. The van der Waals surface area contributed by atoms with Crippen molar-refractivity contribution in [2.45, 2.75) is 31.3 Å². The topological polar surface area (TPSA) is 72.5 Å². The highest BCUT2D eigenvalue weighted by Crippen LogP contribution is 2.31. The van der Waals surface area contributed by atoms with E-state index in [1.807, 2.05) is 0 Å². The quantitative estimate of drug-likeness (QED) is 0.644. The average molecular weight is 277 g/mol. The minimum atomic E-state index is -5.11. The van der Waals surface area contributed by atoms with Crippen molar-refractivity contribution in [3.63, 3.8) is 0 Å². The first-order valence-corrected chi connectivity index (χ1v) is 5.44. The summed E-state index contributed by atoms with van der Waals surface area (Å²) in [5.74, 6) is -1.82. The summed E-state index contributed by atoms with van der Waals surface area (Å²) in [5, 5.41) is 9.08. The van der Waals surface area contributed by atoms with Gasteiger partial charge in [-0.1, -0.05) is 30.3 Å². The molecule has 0 fully saturated rings. The molecule has 1 aromatic rings. The fourth-order valence-electron chi connectivity index (χ4n) is 1.26. The molecule has 2 unspecified atom stereocenters. The molecule has 0 saturated carbocycles. The summed E-state index contributed by atoms with van der Waals surface area (Å²) < 4.78 is 41.5. The first-order valence-electron chi connectivity index (χ1n) is 5.44. The number of aliphatic hydroxyl groups is 1. The van der Waals surface area contributed by atoms with Crippen molar-refractivity contribution in [1.82, 2.24) is 0 Å². The second-order valence-electron chi connectivity index (χ2n) is 4.20. The van der Waals surface area contributed by atoms with Crippen molar-refractivity contribution in [3.05, 3.63) is 35.9 Å². The van der Waals surface area contributed by atoms with Gasteiger partial charge in [0.25, 0.3) is 5.60 Å². The maximum Gasteiger partial charge on any atom is 0.427 e. The van der Waals surface area contributed by atoms with Crippen LogP contribution >= 0.6 is 0 Å². The van der Waals surface area contributed by atoms with Gasteiger partial charge in [0.2, 0.25) is 0 Å². The van der Waals surface area contributed by atoms with E-state index in [-0.39, 0.29) is 6.42 Å². The lowest BCUT2D eigenvalue weighted by atomic mass is 10.1. The average Bonchev–Trinajstić information content (AvgIpc) is 2.28. The molecule has 0 bridgehead atoms. The van der Waals surface area contributed by atoms with E-state index in [4.69, 9.17) is 10.8 Å². The van der Waals surface area contributed by atoms with Crippen LogP contribution in [0.5, 0.6) is 0 Å². The number of nitrogens with two attached hydrogens (primary N) is 1. The van der Waals surface area contributed by atoms with Crippen LogP contribution in [0.4, 0.5) is 13.2 Å². The molecule has 0 heterocycles. The Hall–Kier alpha value is -1.60. The predicted octanol–water partition coefficient (Wildman–Crippen LogP) is 1.37. The van der Waals surface area contributed by atoms with Crippen molar-refractivity contribution in [1.29, 1.82) is 0 Å². The Morgan fingerprint density at radius 1 is 1.37 bits per heavy atom. The van der Waals surface area contributed by atoms with Gasteiger partial charge < -0.3 is 9.84 Å². The van der Waals surface area contributed by atoms with Gasteiger partial charge in [-0.2, -0.15) is 13.2 Å². The highest BCUT2D eigenvalue weighted by Gasteiger charge is 2.57. The third-order valence-corrected chi connectivity index (χ3v) is 2.49. The van der Waals surface area contributed by atoms with Gasteiger partial charge in [-0.15, -0.1) is 0 Å². The lowest BCUT2D eigenvalue weighted by Crippen LogP contribution is -2.52. The zero-order chi connectivity index (χ0) is 14.7. The molecule has 1 rings (SSSR count). The summed E-state index contributed by atoms with van der Waals surface area (Å²) in [5.41, 5.74) is 2.56. The van der Waals surface area contributed by atoms with Crippen molar-refractivity contribution in [3.8, 4) is 0 Å². The monoisotopic (exact) mass is 277 g/mol. The number of benzene rings is 1. The van der Waals surface area contributed by atoms with E-state index < -0.39 is 24.0 Å². The van der Waals surface area contributed by atoms with Crippen LogP contribution < -0.4 is 5.73 Å². The normalized spacial score (nSPS) is 16.5. The third-order valence-electron chi connectivity index (χ3n) is 2.49. The molecule has 0 amide bonds. The van der Waals surface area contributed by atoms with Gasteiger partial charge in [0.05, 0.1) is 0 Å². The molecule has 3 N–H and O–H groups in total. The second kappa shape index (κ2) is 5.58. The number of hydrogen-bond acceptors (Lipinski definition) is 4. The smallest absolute Gasteiger partial charge is 0.427 e. The van der Waals surface area contributed by atoms with Crippen LogP contribution in [0.25, 0.3) is 0 Å². The van der Waals surface area contributed by atoms with E-state index in [9.17, 15) is 18.0 Å². The minimum Gasteiger partial charge on any atom is -0.444 e. The van der Waals surface area contributed by atoms with Gasteiger partial charge in [-0.25, -0.2) is 4.79 Å². The standard InChI is InChI=1S/C12H14F3NO3/c1-11(18,12(13,14)15)10(17)19-9(16)7-8-5-3-2-4-6-8/h2-6,9,18H,7,16H2,1H3. The Labute approximate surface area is 108 Å². The number of alkyl halides is 3. The zero-order valence-corrected chi connectivity index (χ0v) is 10.1. The molecule has 0 aliphatic rings. The second-order valence-corrected chi connectivity index (χ2v) is 4.20. The van der Waals surface area contributed by atoms with Crippen molar-refractivity contribution >= 4 is 5.97 Å². The van der Waals surface area contributed by atoms with Gasteiger partial charge in [-0.05, 0) is 12.5 Å². The molecule has 0 aliphatic carbocycles. The summed E-state index contributed by atoms with van der Waals surface area (Å²) in [6.45, 7) is 0.324. The van der Waals surface area contributed by atoms with Crippen LogP contribution in [0.3, 0.4) is 0 Å². The van der Waals surface area contributed by atoms with Gasteiger partial charge in [0.15, 0.2) is 6.23 Å². The Morgan fingerprint density at radius 2 is 1.89 bits per heavy atom. The summed E-state index contributed by atoms with van der Waals surface area (Å²) in [6, 6.07) is 8.58.